The highest BCUT2D eigenvalue weighted by Gasteiger charge is 2.07. The van der Waals surface area contributed by atoms with Gasteiger partial charge in [-0.25, -0.2) is 4.98 Å². The fraction of sp³-hybridized carbons (Fsp3) is 0.130. The van der Waals surface area contributed by atoms with Crippen LogP contribution in [0.1, 0.15) is 12.0 Å². The average molecular weight is 371 g/mol. The van der Waals surface area contributed by atoms with E-state index in [1.165, 1.54) is 0 Å². The van der Waals surface area contributed by atoms with Crippen molar-refractivity contribution >= 4 is 17.2 Å². The topological polar surface area (TPSA) is 55.6 Å². The highest BCUT2D eigenvalue weighted by Crippen LogP contribution is 2.22. The van der Waals surface area contributed by atoms with Gasteiger partial charge in [0.2, 0.25) is 5.91 Å². The number of anilines is 1. The number of aromatic nitrogens is 2. The molecule has 0 aliphatic carbocycles. The van der Waals surface area contributed by atoms with Crippen LogP contribution in [0.5, 0.6) is 5.75 Å². The van der Waals surface area contributed by atoms with Gasteiger partial charge in [-0.05, 0) is 48.4 Å². The number of carbonyl (C=O) groups is 1. The molecule has 0 fully saturated rings. The lowest BCUT2D eigenvalue weighted by Crippen LogP contribution is -2.12. The Morgan fingerprint density at radius 2 is 1.93 bits per heavy atom. The smallest absolute Gasteiger partial charge is 0.224 e. The summed E-state index contributed by atoms with van der Waals surface area (Å²) in [6, 6.07) is 21.5. The lowest BCUT2D eigenvalue weighted by atomic mass is 10.1. The molecule has 1 amide bonds. The van der Waals surface area contributed by atoms with Gasteiger partial charge in [0.1, 0.15) is 11.4 Å². The van der Waals surface area contributed by atoms with Gasteiger partial charge in [0, 0.05) is 30.1 Å². The molecule has 0 saturated carbocycles. The zero-order valence-electron chi connectivity index (χ0n) is 15.6. The Balaban J connectivity index is 1.41. The van der Waals surface area contributed by atoms with Crippen molar-refractivity contribution < 1.29 is 9.53 Å². The summed E-state index contributed by atoms with van der Waals surface area (Å²) in [6.07, 6.45) is 5.06. The number of pyridine rings is 1. The second-order valence-electron chi connectivity index (χ2n) is 6.57. The molecule has 4 aromatic rings. The molecule has 0 saturated heterocycles. The lowest BCUT2D eigenvalue weighted by molar-refractivity contribution is -0.116. The number of ether oxygens (including phenoxy) is 1. The molecule has 0 radical (unpaired) electrons. The number of hydrogen-bond donors (Lipinski definition) is 1. The first-order chi connectivity index (χ1) is 13.7. The number of nitrogens with zero attached hydrogens (tertiary/aromatic N) is 2. The molecule has 140 valence electrons. The monoisotopic (exact) mass is 371 g/mol. The Kier molecular flexibility index (Phi) is 5.06. The molecule has 4 rings (SSSR count). The minimum absolute atomic E-state index is 0.0111. The molecule has 28 heavy (non-hydrogen) atoms. The summed E-state index contributed by atoms with van der Waals surface area (Å²) in [6.45, 7) is 0. The predicted molar refractivity (Wildman–Crippen MR) is 111 cm³/mol. The normalized spacial score (nSPS) is 10.8. The van der Waals surface area contributed by atoms with Crippen molar-refractivity contribution in [3.8, 4) is 17.0 Å². The van der Waals surface area contributed by atoms with Crippen LogP contribution in [0.4, 0.5) is 5.69 Å². The zero-order valence-corrected chi connectivity index (χ0v) is 15.6. The van der Waals surface area contributed by atoms with Gasteiger partial charge in [-0.15, -0.1) is 0 Å². The van der Waals surface area contributed by atoms with E-state index in [2.05, 4.69) is 10.3 Å². The largest absolute Gasteiger partial charge is 0.497 e. The van der Waals surface area contributed by atoms with E-state index in [0.717, 1.165) is 33.9 Å². The van der Waals surface area contributed by atoms with E-state index in [0.29, 0.717) is 12.8 Å². The molecule has 1 N–H and O–H groups in total. The summed E-state index contributed by atoms with van der Waals surface area (Å²) in [5.74, 6) is 0.805. The van der Waals surface area contributed by atoms with E-state index in [-0.39, 0.29) is 5.91 Å². The second kappa shape index (κ2) is 7.96. The zero-order chi connectivity index (χ0) is 19.3. The van der Waals surface area contributed by atoms with Gasteiger partial charge in [0.05, 0.1) is 12.8 Å². The number of aryl methyl sites for hydroxylation is 1. The van der Waals surface area contributed by atoms with Crippen LogP contribution in [-0.4, -0.2) is 22.4 Å². The number of hydrogen-bond acceptors (Lipinski definition) is 3. The maximum Gasteiger partial charge on any atom is 0.224 e. The number of rotatable bonds is 6. The van der Waals surface area contributed by atoms with Crippen molar-refractivity contribution in [3.05, 3.63) is 84.7 Å². The van der Waals surface area contributed by atoms with E-state index in [9.17, 15) is 4.79 Å². The maximum atomic E-state index is 12.3. The van der Waals surface area contributed by atoms with Crippen molar-refractivity contribution in [3.63, 3.8) is 0 Å². The summed E-state index contributed by atoms with van der Waals surface area (Å²) in [5, 5.41) is 2.98. The number of fused-ring (bicyclic) bond motifs is 1. The minimum atomic E-state index is -0.0111. The van der Waals surface area contributed by atoms with Crippen LogP contribution < -0.4 is 10.1 Å². The average Bonchev–Trinajstić information content (AvgIpc) is 3.17. The van der Waals surface area contributed by atoms with Crippen LogP contribution in [-0.2, 0) is 11.2 Å². The Morgan fingerprint density at radius 3 is 2.71 bits per heavy atom. The third-order valence-corrected chi connectivity index (χ3v) is 4.61. The number of benzene rings is 2. The van der Waals surface area contributed by atoms with Gasteiger partial charge in [-0.3, -0.25) is 4.79 Å². The third kappa shape index (κ3) is 4.04. The number of amides is 1. The first-order valence-corrected chi connectivity index (χ1v) is 9.18. The SMILES string of the molecule is COc1ccc(CCC(=O)Nc2cccc(-c3cn4ccccc4n3)c2)cc1. The molecular formula is C23H21N3O2. The molecule has 0 aliphatic rings. The molecule has 5 heteroatoms. The van der Waals surface area contributed by atoms with Crippen LogP contribution >= 0.6 is 0 Å². The number of nitrogens with one attached hydrogen (secondary N) is 1. The molecule has 0 aliphatic heterocycles. The Labute approximate surface area is 163 Å². The van der Waals surface area contributed by atoms with Gasteiger partial charge in [0.25, 0.3) is 0 Å². The van der Waals surface area contributed by atoms with E-state index in [1.54, 1.807) is 7.11 Å². The van der Waals surface area contributed by atoms with Crippen LogP contribution in [0.2, 0.25) is 0 Å². The second-order valence-corrected chi connectivity index (χ2v) is 6.57. The minimum Gasteiger partial charge on any atom is -0.497 e. The molecule has 0 bridgehead atoms. The van der Waals surface area contributed by atoms with Crippen molar-refractivity contribution in [1.29, 1.82) is 0 Å². The van der Waals surface area contributed by atoms with Crippen LogP contribution in [0.25, 0.3) is 16.9 Å². The van der Waals surface area contributed by atoms with Gasteiger partial charge >= 0.3 is 0 Å². The highest BCUT2D eigenvalue weighted by molar-refractivity contribution is 5.91. The fourth-order valence-electron chi connectivity index (χ4n) is 3.10. The Morgan fingerprint density at radius 1 is 1.07 bits per heavy atom. The summed E-state index contributed by atoms with van der Waals surface area (Å²) >= 11 is 0. The van der Waals surface area contributed by atoms with Crippen molar-refractivity contribution in [2.45, 2.75) is 12.8 Å². The molecule has 0 atom stereocenters. The molecule has 2 aromatic heterocycles. The van der Waals surface area contributed by atoms with E-state index >= 15 is 0 Å². The van der Waals surface area contributed by atoms with Gasteiger partial charge in [-0.1, -0.05) is 30.3 Å². The van der Waals surface area contributed by atoms with E-state index in [4.69, 9.17) is 4.74 Å². The molecule has 0 spiro atoms. The summed E-state index contributed by atoms with van der Waals surface area (Å²) in [4.78, 5) is 17.0. The summed E-state index contributed by atoms with van der Waals surface area (Å²) < 4.78 is 7.14. The number of carbonyl (C=O) groups excluding carboxylic acids is 1. The first kappa shape index (κ1) is 17.8. The van der Waals surface area contributed by atoms with Crippen molar-refractivity contribution in [1.82, 2.24) is 9.38 Å². The first-order valence-electron chi connectivity index (χ1n) is 9.18. The summed E-state index contributed by atoms with van der Waals surface area (Å²) in [5.41, 5.74) is 4.62. The van der Waals surface area contributed by atoms with Crippen molar-refractivity contribution in [2.24, 2.45) is 0 Å². The highest BCUT2D eigenvalue weighted by atomic mass is 16.5. The number of methoxy groups -OCH3 is 1. The van der Waals surface area contributed by atoms with Crippen LogP contribution in [0.3, 0.4) is 0 Å². The van der Waals surface area contributed by atoms with Crippen molar-refractivity contribution in [2.75, 3.05) is 12.4 Å². The molecule has 0 unspecified atom stereocenters. The van der Waals surface area contributed by atoms with Gasteiger partial charge in [-0.2, -0.15) is 0 Å². The quantitative estimate of drug-likeness (QED) is 0.540. The lowest BCUT2D eigenvalue weighted by Gasteiger charge is -2.07. The Bertz CT molecular complexity index is 1070. The van der Waals surface area contributed by atoms with E-state index < -0.39 is 0 Å². The number of imidazole rings is 1. The van der Waals surface area contributed by atoms with Crippen LogP contribution in [0, 0.1) is 0 Å². The predicted octanol–water partition coefficient (Wildman–Crippen LogP) is 4.58. The van der Waals surface area contributed by atoms with Crippen LogP contribution in [0.15, 0.2) is 79.1 Å². The molecule has 2 aromatic carbocycles. The van der Waals surface area contributed by atoms with Gasteiger partial charge in [0.15, 0.2) is 0 Å². The Hall–Kier alpha value is -3.60. The maximum absolute atomic E-state index is 12.3. The summed E-state index contributed by atoms with van der Waals surface area (Å²) in [7, 11) is 1.64. The third-order valence-electron chi connectivity index (χ3n) is 4.61. The molecule has 5 nitrogen and oxygen atoms in total. The molecule has 2 heterocycles. The van der Waals surface area contributed by atoms with E-state index in [1.807, 2.05) is 83.5 Å². The molecular weight excluding hydrogens is 350 g/mol. The fourth-order valence-corrected chi connectivity index (χ4v) is 3.10. The van der Waals surface area contributed by atoms with Gasteiger partial charge < -0.3 is 14.5 Å². The standard InChI is InChI=1S/C23H21N3O2/c1-28-20-11-8-17(9-12-20)10-13-23(27)24-19-6-4-5-18(15-19)21-16-26-14-3-2-7-22(26)25-21/h2-9,11-12,14-16H,10,13H2,1H3,(H,24,27).